The summed E-state index contributed by atoms with van der Waals surface area (Å²) in [6.07, 6.45) is 2.35. The van der Waals surface area contributed by atoms with Crippen LogP contribution in [0.2, 0.25) is 0 Å². The van der Waals surface area contributed by atoms with Gasteiger partial charge in [0.15, 0.2) is 5.16 Å². The zero-order valence-corrected chi connectivity index (χ0v) is 17.7. The molecule has 0 unspecified atom stereocenters. The maximum absolute atomic E-state index is 12.8. The molecule has 0 spiro atoms. The second-order valence-electron chi connectivity index (χ2n) is 7.57. The maximum atomic E-state index is 12.8. The number of amides is 1. The molecule has 1 aliphatic rings. The summed E-state index contributed by atoms with van der Waals surface area (Å²) in [5.74, 6) is 2.01. The first-order valence-electron chi connectivity index (χ1n) is 10.0. The van der Waals surface area contributed by atoms with Gasteiger partial charge in [-0.25, -0.2) is 0 Å². The molecule has 1 aliphatic carbocycles. The number of carbonyl (C=O) groups excluding carboxylic acids is 1. The highest BCUT2D eigenvalue weighted by Crippen LogP contribution is 2.40. The predicted molar refractivity (Wildman–Crippen MR) is 116 cm³/mol. The Hall–Kier alpha value is -2.60. The number of rotatable bonds is 8. The minimum Gasteiger partial charge on any atom is -0.338 e. The third-order valence-electron chi connectivity index (χ3n) is 5.45. The molecule has 0 aliphatic heterocycles. The van der Waals surface area contributed by atoms with Gasteiger partial charge in [-0.1, -0.05) is 72.4 Å². The molecule has 1 heterocycles. The van der Waals surface area contributed by atoms with Crippen LogP contribution in [-0.4, -0.2) is 38.4 Å². The van der Waals surface area contributed by atoms with Gasteiger partial charge in [-0.3, -0.25) is 4.79 Å². The van der Waals surface area contributed by atoms with Crippen LogP contribution in [0.4, 0.5) is 0 Å². The van der Waals surface area contributed by atoms with Gasteiger partial charge < -0.3 is 9.47 Å². The first-order chi connectivity index (χ1) is 14.1. The predicted octanol–water partition coefficient (Wildman–Crippen LogP) is 4.52. The fourth-order valence-electron chi connectivity index (χ4n) is 3.36. The van der Waals surface area contributed by atoms with E-state index in [0.29, 0.717) is 11.7 Å². The molecule has 29 heavy (non-hydrogen) atoms. The van der Waals surface area contributed by atoms with Gasteiger partial charge in [-0.2, -0.15) is 0 Å². The summed E-state index contributed by atoms with van der Waals surface area (Å²) in [5, 5.41) is 9.68. The van der Waals surface area contributed by atoms with Crippen molar-refractivity contribution in [1.29, 1.82) is 0 Å². The molecule has 4 rings (SSSR count). The lowest BCUT2D eigenvalue weighted by molar-refractivity contribution is -0.128. The molecule has 1 aromatic heterocycles. The van der Waals surface area contributed by atoms with Crippen LogP contribution >= 0.6 is 11.8 Å². The van der Waals surface area contributed by atoms with Gasteiger partial charge in [0.05, 0.1) is 18.3 Å². The number of thioether (sulfide) groups is 1. The van der Waals surface area contributed by atoms with E-state index in [-0.39, 0.29) is 11.9 Å². The molecular formula is C23H26N4OS. The summed E-state index contributed by atoms with van der Waals surface area (Å²) in [4.78, 5) is 14.6. The maximum Gasteiger partial charge on any atom is 0.233 e. The molecule has 5 nitrogen and oxygen atoms in total. The van der Waals surface area contributed by atoms with E-state index >= 15 is 0 Å². The van der Waals surface area contributed by atoms with Crippen molar-refractivity contribution in [3.8, 4) is 0 Å². The van der Waals surface area contributed by atoms with Crippen molar-refractivity contribution in [2.75, 3.05) is 12.8 Å². The molecule has 150 valence electrons. The Morgan fingerprint density at radius 1 is 1.10 bits per heavy atom. The monoisotopic (exact) mass is 406 g/mol. The molecule has 0 N–H and O–H groups in total. The number of hydrogen-bond acceptors (Lipinski definition) is 4. The largest absolute Gasteiger partial charge is 0.338 e. The van der Waals surface area contributed by atoms with Crippen molar-refractivity contribution in [2.45, 2.75) is 43.4 Å². The van der Waals surface area contributed by atoms with Crippen LogP contribution in [0.3, 0.4) is 0 Å². The number of carbonyl (C=O) groups is 1. The van der Waals surface area contributed by atoms with Crippen LogP contribution < -0.4 is 0 Å². The molecule has 1 atom stereocenters. The minimum absolute atomic E-state index is 0.0357. The Morgan fingerprint density at radius 2 is 1.76 bits per heavy atom. The number of nitrogens with zero attached hydrogens (tertiary/aromatic N) is 4. The standard InChI is InChI=1S/C23H26N4OS/c1-17(19-11-7-4-8-12-19)26(2)21(28)16-29-23-25-24-22(20-13-14-20)27(23)15-18-9-5-3-6-10-18/h3-12,17,20H,13-16H2,1-2H3/t17-/m1/s1. The minimum atomic E-state index is 0.0357. The van der Waals surface area contributed by atoms with Crippen LogP contribution in [-0.2, 0) is 11.3 Å². The lowest BCUT2D eigenvalue weighted by Crippen LogP contribution is -2.31. The summed E-state index contributed by atoms with van der Waals surface area (Å²) in [7, 11) is 1.87. The van der Waals surface area contributed by atoms with Gasteiger partial charge in [0, 0.05) is 13.0 Å². The summed E-state index contributed by atoms with van der Waals surface area (Å²) in [6.45, 7) is 2.80. The highest BCUT2D eigenvalue weighted by molar-refractivity contribution is 7.99. The van der Waals surface area contributed by atoms with Gasteiger partial charge in [-0.05, 0) is 30.9 Å². The Bertz CT molecular complexity index is 954. The molecule has 6 heteroatoms. The van der Waals surface area contributed by atoms with Crippen molar-refractivity contribution >= 4 is 17.7 Å². The van der Waals surface area contributed by atoms with E-state index in [2.05, 4.69) is 46.0 Å². The van der Waals surface area contributed by atoms with E-state index in [1.165, 1.54) is 30.2 Å². The number of aromatic nitrogens is 3. The molecule has 1 amide bonds. The summed E-state index contributed by atoms with van der Waals surface area (Å²) >= 11 is 1.48. The van der Waals surface area contributed by atoms with Crippen LogP contribution in [0, 0.1) is 0 Å². The molecule has 1 fully saturated rings. The van der Waals surface area contributed by atoms with E-state index < -0.39 is 0 Å². The zero-order chi connectivity index (χ0) is 20.2. The smallest absolute Gasteiger partial charge is 0.233 e. The lowest BCUT2D eigenvalue weighted by atomic mass is 10.1. The first kappa shape index (κ1) is 19.7. The van der Waals surface area contributed by atoms with E-state index in [0.717, 1.165) is 23.1 Å². The average Bonchev–Trinajstić information content (AvgIpc) is 3.54. The fraction of sp³-hybridized carbons (Fsp3) is 0.348. The highest BCUT2D eigenvalue weighted by Gasteiger charge is 2.30. The average molecular weight is 407 g/mol. The van der Waals surface area contributed by atoms with Crippen LogP contribution in [0.25, 0.3) is 0 Å². The Balaban J connectivity index is 1.44. The zero-order valence-electron chi connectivity index (χ0n) is 16.9. The Kier molecular flexibility index (Phi) is 6.00. The highest BCUT2D eigenvalue weighted by atomic mass is 32.2. The second kappa shape index (κ2) is 8.82. The molecule has 0 bridgehead atoms. The van der Waals surface area contributed by atoms with E-state index in [9.17, 15) is 4.79 Å². The topological polar surface area (TPSA) is 51.0 Å². The van der Waals surface area contributed by atoms with Crippen molar-refractivity contribution in [1.82, 2.24) is 19.7 Å². The summed E-state index contributed by atoms with van der Waals surface area (Å²) in [6, 6.07) is 20.5. The second-order valence-corrected chi connectivity index (χ2v) is 8.51. The van der Waals surface area contributed by atoms with Gasteiger partial charge in [0.2, 0.25) is 5.91 Å². The molecular weight excluding hydrogens is 380 g/mol. The van der Waals surface area contributed by atoms with E-state index in [4.69, 9.17) is 0 Å². The first-order valence-corrected chi connectivity index (χ1v) is 11.0. The Morgan fingerprint density at radius 3 is 2.41 bits per heavy atom. The number of benzene rings is 2. The quantitative estimate of drug-likeness (QED) is 0.516. The number of hydrogen-bond donors (Lipinski definition) is 0. The van der Waals surface area contributed by atoms with Crippen LogP contribution in [0.5, 0.6) is 0 Å². The van der Waals surface area contributed by atoms with E-state index in [1.54, 1.807) is 0 Å². The van der Waals surface area contributed by atoms with Gasteiger partial charge >= 0.3 is 0 Å². The van der Waals surface area contributed by atoms with Crippen molar-refractivity contribution in [3.05, 3.63) is 77.6 Å². The van der Waals surface area contributed by atoms with Gasteiger partial charge in [0.1, 0.15) is 5.82 Å². The van der Waals surface area contributed by atoms with Crippen LogP contribution in [0.1, 0.15) is 48.7 Å². The van der Waals surface area contributed by atoms with Crippen LogP contribution in [0.15, 0.2) is 65.8 Å². The van der Waals surface area contributed by atoms with Crippen molar-refractivity contribution in [3.63, 3.8) is 0 Å². The SMILES string of the molecule is C[C@H](c1ccccc1)N(C)C(=O)CSc1nnc(C2CC2)n1Cc1ccccc1. The molecule has 3 aromatic rings. The lowest BCUT2D eigenvalue weighted by Gasteiger charge is -2.25. The Labute approximate surface area is 176 Å². The fourth-order valence-corrected chi connectivity index (χ4v) is 4.23. The van der Waals surface area contributed by atoms with Crippen molar-refractivity contribution in [2.24, 2.45) is 0 Å². The summed E-state index contributed by atoms with van der Waals surface area (Å²) in [5.41, 5.74) is 2.36. The van der Waals surface area contributed by atoms with E-state index in [1.807, 2.05) is 48.3 Å². The molecule has 1 saturated carbocycles. The summed E-state index contributed by atoms with van der Waals surface area (Å²) < 4.78 is 2.19. The molecule has 2 aromatic carbocycles. The normalized spacial score (nSPS) is 14.6. The van der Waals surface area contributed by atoms with Crippen molar-refractivity contribution < 1.29 is 4.79 Å². The molecule has 0 radical (unpaired) electrons. The molecule has 0 saturated heterocycles. The third kappa shape index (κ3) is 4.70. The third-order valence-corrected chi connectivity index (χ3v) is 6.40. The van der Waals surface area contributed by atoms with Gasteiger partial charge in [-0.15, -0.1) is 10.2 Å². The van der Waals surface area contributed by atoms with Gasteiger partial charge in [0.25, 0.3) is 0 Å².